The summed E-state index contributed by atoms with van der Waals surface area (Å²) in [5, 5.41) is 5.69. The van der Waals surface area contributed by atoms with Gasteiger partial charge in [0.05, 0.1) is 12.1 Å². The molecule has 15 heavy (non-hydrogen) atoms. The quantitative estimate of drug-likeness (QED) is 0.744. The number of halogens is 2. The van der Waals surface area contributed by atoms with Crippen molar-refractivity contribution in [3.63, 3.8) is 0 Å². The van der Waals surface area contributed by atoms with Crippen LogP contribution in [0.15, 0.2) is 0 Å². The molecule has 2 N–H and O–H groups in total. The minimum Gasteiger partial charge on any atom is -0.378 e. The number of amides is 1. The van der Waals surface area contributed by atoms with E-state index < -0.39 is 11.6 Å². The fourth-order valence-electron chi connectivity index (χ4n) is 1.39. The third-order valence-corrected chi connectivity index (χ3v) is 2.32. The minimum absolute atomic E-state index is 0. The maximum absolute atomic E-state index is 13.2. The third-order valence-electron chi connectivity index (χ3n) is 2.32. The Morgan fingerprint density at radius 1 is 1.53 bits per heavy atom. The van der Waals surface area contributed by atoms with Gasteiger partial charge in [0, 0.05) is 20.2 Å². The van der Waals surface area contributed by atoms with Crippen molar-refractivity contribution in [1.82, 2.24) is 10.6 Å². The summed E-state index contributed by atoms with van der Waals surface area (Å²) in [7, 11) is 1.58. The molecule has 0 aliphatic carbocycles. The summed E-state index contributed by atoms with van der Waals surface area (Å²) in [4.78, 5) is 11.3. The van der Waals surface area contributed by atoms with E-state index in [9.17, 15) is 9.18 Å². The van der Waals surface area contributed by atoms with Gasteiger partial charge in [-0.05, 0) is 13.8 Å². The smallest absolute Gasteiger partial charge is 0.257 e. The van der Waals surface area contributed by atoms with Gasteiger partial charge in [0.2, 0.25) is 0 Å². The van der Waals surface area contributed by atoms with Crippen LogP contribution in [0, 0.1) is 0 Å². The Bertz CT molecular complexity index is 221. The normalized spacial score (nSPS) is 25.9. The molecule has 0 aromatic heterocycles. The zero-order valence-corrected chi connectivity index (χ0v) is 9.99. The Labute approximate surface area is 95.3 Å². The summed E-state index contributed by atoms with van der Waals surface area (Å²) >= 11 is 0. The number of carbonyl (C=O) groups excluding carboxylic acids is 1. The monoisotopic (exact) mass is 240 g/mol. The lowest BCUT2D eigenvalue weighted by Gasteiger charge is -2.22. The average Bonchev–Trinajstić information content (AvgIpc) is 2.50. The van der Waals surface area contributed by atoms with Crippen molar-refractivity contribution >= 4 is 18.3 Å². The van der Waals surface area contributed by atoms with Gasteiger partial charge < -0.3 is 15.4 Å². The number of methoxy groups -OCH3 is 1. The Morgan fingerprint density at radius 2 is 2.13 bits per heavy atom. The molecule has 0 spiro atoms. The first-order valence-electron chi connectivity index (χ1n) is 4.68. The second-order valence-electron chi connectivity index (χ2n) is 3.98. The first kappa shape index (κ1) is 14.6. The maximum Gasteiger partial charge on any atom is 0.257 e. The Balaban J connectivity index is 0.00000196. The molecule has 0 bridgehead atoms. The van der Waals surface area contributed by atoms with Gasteiger partial charge in [0.25, 0.3) is 5.91 Å². The van der Waals surface area contributed by atoms with Crippen LogP contribution in [0.1, 0.15) is 13.8 Å². The highest BCUT2D eigenvalue weighted by Crippen LogP contribution is 2.10. The fourth-order valence-corrected chi connectivity index (χ4v) is 1.39. The van der Waals surface area contributed by atoms with Gasteiger partial charge in [0.15, 0.2) is 5.67 Å². The lowest BCUT2D eigenvalue weighted by Crippen LogP contribution is -2.49. The lowest BCUT2D eigenvalue weighted by atomic mass is 10.1. The van der Waals surface area contributed by atoms with E-state index in [0.29, 0.717) is 13.1 Å². The first-order chi connectivity index (χ1) is 6.45. The van der Waals surface area contributed by atoms with E-state index in [1.54, 1.807) is 7.11 Å². The molecule has 0 radical (unpaired) electrons. The van der Waals surface area contributed by atoms with Crippen molar-refractivity contribution < 1.29 is 13.9 Å². The molecule has 1 amide bonds. The topological polar surface area (TPSA) is 50.4 Å². The van der Waals surface area contributed by atoms with E-state index in [1.165, 1.54) is 13.8 Å². The highest BCUT2D eigenvalue weighted by atomic mass is 35.5. The Kier molecular flexibility index (Phi) is 5.48. The van der Waals surface area contributed by atoms with Gasteiger partial charge in [-0.3, -0.25) is 4.79 Å². The predicted molar refractivity (Wildman–Crippen MR) is 58.0 cm³/mol. The third kappa shape index (κ3) is 3.93. The van der Waals surface area contributed by atoms with Crippen molar-refractivity contribution in [2.45, 2.75) is 31.7 Å². The van der Waals surface area contributed by atoms with Crippen LogP contribution in [0.5, 0.6) is 0 Å². The first-order valence-corrected chi connectivity index (χ1v) is 4.68. The van der Waals surface area contributed by atoms with Gasteiger partial charge in [-0.2, -0.15) is 0 Å². The Hall–Kier alpha value is -0.390. The molecule has 2 atom stereocenters. The molecular weight excluding hydrogens is 223 g/mol. The molecule has 1 aliphatic rings. The van der Waals surface area contributed by atoms with Crippen LogP contribution in [0.3, 0.4) is 0 Å². The number of nitrogens with one attached hydrogen (secondary N) is 2. The number of hydrogen-bond acceptors (Lipinski definition) is 3. The molecule has 1 unspecified atom stereocenters. The highest BCUT2D eigenvalue weighted by Gasteiger charge is 2.33. The SMILES string of the molecule is CO[C@H]1CNCC1NC(=O)C(C)(C)F.Cl. The molecule has 1 saturated heterocycles. The largest absolute Gasteiger partial charge is 0.378 e. The van der Waals surface area contributed by atoms with Gasteiger partial charge in [-0.15, -0.1) is 12.4 Å². The molecule has 0 saturated carbocycles. The van der Waals surface area contributed by atoms with Crippen molar-refractivity contribution in [3.8, 4) is 0 Å². The predicted octanol–water partition coefficient (Wildman–Crippen LogP) is 0.259. The highest BCUT2D eigenvalue weighted by molar-refractivity contribution is 5.85. The van der Waals surface area contributed by atoms with Crippen molar-refractivity contribution in [2.75, 3.05) is 20.2 Å². The second kappa shape index (κ2) is 5.63. The summed E-state index contributed by atoms with van der Waals surface area (Å²) in [6.45, 7) is 3.80. The van der Waals surface area contributed by atoms with Gasteiger partial charge in [-0.1, -0.05) is 0 Å². The number of hydrogen-bond donors (Lipinski definition) is 2. The van der Waals surface area contributed by atoms with Gasteiger partial charge in [0.1, 0.15) is 0 Å². The van der Waals surface area contributed by atoms with Crippen molar-refractivity contribution in [3.05, 3.63) is 0 Å². The standard InChI is InChI=1S/C9H17FN2O2.ClH/c1-9(2,10)8(13)12-6-4-11-5-7(6)14-3;/h6-7,11H,4-5H2,1-3H3,(H,12,13);1H/t6?,7-;/m0./s1. The molecule has 1 aliphatic heterocycles. The molecule has 90 valence electrons. The molecule has 1 heterocycles. The average molecular weight is 241 g/mol. The van der Waals surface area contributed by atoms with E-state index in [0.717, 1.165) is 0 Å². The fraction of sp³-hybridized carbons (Fsp3) is 0.889. The molecule has 6 heteroatoms. The zero-order valence-electron chi connectivity index (χ0n) is 9.17. The zero-order chi connectivity index (χ0) is 10.8. The molecular formula is C9H18ClFN2O2. The Morgan fingerprint density at radius 3 is 2.60 bits per heavy atom. The number of ether oxygens (including phenoxy) is 1. The van der Waals surface area contributed by atoms with E-state index in [-0.39, 0.29) is 24.6 Å². The van der Waals surface area contributed by atoms with Crippen LogP contribution in [-0.2, 0) is 9.53 Å². The van der Waals surface area contributed by atoms with Crippen LogP contribution in [0.25, 0.3) is 0 Å². The number of alkyl halides is 1. The molecule has 1 rings (SSSR count). The van der Waals surface area contributed by atoms with E-state index >= 15 is 0 Å². The molecule has 0 aromatic rings. The summed E-state index contributed by atoms with van der Waals surface area (Å²) in [5.41, 5.74) is -1.83. The lowest BCUT2D eigenvalue weighted by molar-refractivity contribution is -0.132. The van der Waals surface area contributed by atoms with Crippen LogP contribution in [0.4, 0.5) is 4.39 Å². The van der Waals surface area contributed by atoms with Crippen LogP contribution in [0.2, 0.25) is 0 Å². The summed E-state index contributed by atoms with van der Waals surface area (Å²) in [5.74, 6) is -0.590. The summed E-state index contributed by atoms with van der Waals surface area (Å²) in [6, 6.07) is -0.137. The summed E-state index contributed by atoms with van der Waals surface area (Å²) in [6.07, 6.45) is -0.0682. The molecule has 0 aromatic carbocycles. The van der Waals surface area contributed by atoms with Crippen molar-refractivity contribution in [2.24, 2.45) is 0 Å². The molecule has 4 nitrogen and oxygen atoms in total. The van der Waals surface area contributed by atoms with Crippen LogP contribution >= 0.6 is 12.4 Å². The van der Waals surface area contributed by atoms with Crippen molar-refractivity contribution in [1.29, 1.82) is 0 Å². The maximum atomic E-state index is 13.2. The van der Waals surface area contributed by atoms with E-state index in [2.05, 4.69) is 10.6 Å². The number of rotatable bonds is 3. The van der Waals surface area contributed by atoms with Crippen LogP contribution in [-0.4, -0.2) is 43.9 Å². The van der Waals surface area contributed by atoms with Crippen LogP contribution < -0.4 is 10.6 Å². The van der Waals surface area contributed by atoms with E-state index in [4.69, 9.17) is 4.74 Å². The minimum atomic E-state index is -1.83. The number of carbonyl (C=O) groups is 1. The van der Waals surface area contributed by atoms with Gasteiger partial charge in [-0.25, -0.2) is 4.39 Å². The molecule has 1 fully saturated rings. The van der Waals surface area contributed by atoms with Gasteiger partial charge >= 0.3 is 0 Å². The van der Waals surface area contributed by atoms with E-state index in [1.807, 2.05) is 0 Å². The summed E-state index contributed by atoms with van der Waals surface area (Å²) < 4.78 is 18.3. The second-order valence-corrected chi connectivity index (χ2v) is 3.98.